The Balaban J connectivity index is 1.37. The van der Waals surface area contributed by atoms with Crippen molar-refractivity contribution in [1.29, 1.82) is 0 Å². The Kier molecular flexibility index (Phi) is 6.58. The van der Waals surface area contributed by atoms with Crippen molar-refractivity contribution in [1.82, 2.24) is 4.90 Å². The molecule has 1 N–H and O–H groups in total. The number of aliphatic imine (C=N–C) groups is 1. The number of nitrogens with one attached hydrogen (secondary N) is 1. The van der Waals surface area contributed by atoms with Crippen LogP contribution in [0.1, 0.15) is 12.0 Å². The van der Waals surface area contributed by atoms with Gasteiger partial charge in [0.25, 0.3) is 0 Å². The van der Waals surface area contributed by atoms with Gasteiger partial charge in [0, 0.05) is 12.1 Å². The zero-order chi connectivity index (χ0) is 24.2. The van der Waals surface area contributed by atoms with E-state index in [1.807, 2.05) is 48.5 Å². The molecule has 0 saturated carbocycles. The summed E-state index contributed by atoms with van der Waals surface area (Å²) in [6.07, 6.45) is 0.0605. The van der Waals surface area contributed by atoms with E-state index in [1.54, 1.807) is 36.3 Å². The summed E-state index contributed by atoms with van der Waals surface area (Å²) in [7, 11) is 1.58. The lowest BCUT2D eigenvalue weighted by Crippen LogP contribution is -2.44. The molecule has 3 aromatic rings. The fourth-order valence-corrected chi connectivity index (χ4v) is 4.83. The summed E-state index contributed by atoms with van der Waals surface area (Å²) < 4.78 is 16.0. The molecule has 35 heavy (non-hydrogen) atoms. The van der Waals surface area contributed by atoms with Crippen molar-refractivity contribution >= 4 is 40.1 Å². The largest absolute Gasteiger partial charge is 0.497 e. The number of amides is 2. The van der Waals surface area contributed by atoms with Gasteiger partial charge in [-0.25, -0.2) is 4.99 Å². The molecule has 0 aliphatic carbocycles. The van der Waals surface area contributed by atoms with Crippen LogP contribution in [0.4, 0.5) is 11.4 Å². The van der Waals surface area contributed by atoms with Crippen LogP contribution in [0, 0.1) is 0 Å². The fraction of sp³-hybridized carbons (Fsp3) is 0.192. The van der Waals surface area contributed by atoms with Gasteiger partial charge in [0.2, 0.25) is 18.6 Å². The van der Waals surface area contributed by atoms with Crippen LogP contribution in [-0.4, -0.2) is 41.0 Å². The predicted octanol–water partition coefficient (Wildman–Crippen LogP) is 4.58. The van der Waals surface area contributed by atoms with E-state index in [9.17, 15) is 9.59 Å². The number of amidine groups is 1. The molecule has 2 aliphatic heterocycles. The second-order valence-electron chi connectivity index (χ2n) is 7.93. The topological polar surface area (TPSA) is 89.5 Å². The van der Waals surface area contributed by atoms with Gasteiger partial charge in [-0.1, -0.05) is 36.0 Å². The Bertz CT molecular complexity index is 1260. The SMILES string of the molecule is COc1ccc(NC(=O)[C@H]2CC(=O)N(Cc3ccc4c(c3)OCO4)C(=Nc3ccccc3)S2)cc1. The third-order valence-electron chi connectivity index (χ3n) is 5.55. The van der Waals surface area contributed by atoms with E-state index in [1.165, 1.54) is 11.8 Å². The second-order valence-corrected chi connectivity index (χ2v) is 9.10. The number of hydrogen-bond acceptors (Lipinski definition) is 7. The molecule has 0 spiro atoms. The lowest BCUT2D eigenvalue weighted by atomic mass is 10.1. The van der Waals surface area contributed by atoms with E-state index in [0.29, 0.717) is 40.3 Å². The third kappa shape index (κ3) is 5.25. The van der Waals surface area contributed by atoms with Gasteiger partial charge >= 0.3 is 0 Å². The van der Waals surface area contributed by atoms with E-state index >= 15 is 0 Å². The van der Waals surface area contributed by atoms with Gasteiger partial charge in [-0.15, -0.1) is 0 Å². The summed E-state index contributed by atoms with van der Waals surface area (Å²) in [4.78, 5) is 32.6. The van der Waals surface area contributed by atoms with Crippen LogP contribution in [-0.2, 0) is 16.1 Å². The highest BCUT2D eigenvalue weighted by Crippen LogP contribution is 2.35. The van der Waals surface area contributed by atoms with Crippen molar-refractivity contribution in [3.63, 3.8) is 0 Å². The second kappa shape index (κ2) is 10.1. The number of anilines is 1. The number of carbonyl (C=O) groups is 2. The highest BCUT2D eigenvalue weighted by molar-refractivity contribution is 8.15. The van der Waals surface area contributed by atoms with Crippen molar-refractivity contribution < 1.29 is 23.8 Å². The van der Waals surface area contributed by atoms with Crippen molar-refractivity contribution in [3.05, 3.63) is 78.4 Å². The summed E-state index contributed by atoms with van der Waals surface area (Å²) in [5, 5.41) is 2.75. The smallest absolute Gasteiger partial charge is 0.238 e. The number of fused-ring (bicyclic) bond motifs is 1. The first kappa shape index (κ1) is 22.8. The van der Waals surface area contributed by atoms with Crippen molar-refractivity contribution in [2.75, 3.05) is 19.2 Å². The molecule has 3 aromatic carbocycles. The average molecular weight is 490 g/mol. The number of para-hydroxylation sites is 1. The Labute approximate surface area is 206 Å². The maximum absolute atomic E-state index is 13.3. The van der Waals surface area contributed by atoms with Crippen LogP contribution in [0.3, 0.4) is 0 Å². The first-order valence-corrected chi connectivity index (χ1v) is 11.9. The summed E-state index contributed by atoms with van der Waals surface area (Å²) in [5.74, 6) is 1.60. The summed E-state index contributed by atoms with van der Waals surface area (Å²) >= 11 is 1.28. The summed E-state index contributed by atoms with van der Waals surface area (Å²) in [6, 6.07) is 22.0. The van der Waals surface area contributed by atoms with E-state index in [0.717, 1.165) is 5.56 Å². The number of hydrogen-bond donors (Lipinski definition) is 1. The normalized spacial score (nSPS) is 18.0. The quantitative estimate of drug-likeness (QED) is 0.545. The molecule has 2 amide bonds. The van der Waals surface area contributed by atoms with Crippen molar-refractivity contribution in [2.24, 2.45) is 4.99 Å². The van der Waals surface area contributed by atoms with Gasteiger partial charge in [0.15, 0.2) is 16.7 Å². The van der Waals surface area contributed by atoms with Crippen molar-refractivity contribution in [2.45, 2.75) is 18.2 Å². The number of rotatable bonds is 6. The summed E-state index contributed by atoms with van der Waals surface area (Å²) in [5.41, 5.74) is 2.22. The molecule has 5 rings (SSSR count). The van der Waals surface area contributed by atoms with Gasteiger partial charge in [-0.2, -0.15) is 0 Å². The Morgan fingerprint density at radius 3 is 2.63 bits per heavy atom. The maximum atomic E-state index is 13.3. The number of thioether (sulfide) groups is 1. The monoisotopic (exact) mass is 489 g/mol. The molecule has 1 fully saturated rings. The minimum Gasteiger partial charge on any atom is -0.497 e. The van der Waals surface area contributed by atoms with Gasteiger partial charge in [-0.05, 0) is 54.1 Å². The highest BCUT2D eigenvalue weighted by Gasteiger charge is 2.36. The lowest BCUT2D eigenvalue weighted by Gasteiger charge is -2.32. The Hall–Kier alpha value is -3.98. The molecule has 9 heteroatoms. The Morgan fingerprint density at radius 2 is 1.86 bits per heavy atom. The predicted molar refractivity (Wildman–Crippen MR) is 134 cm³/mol. The van der Waals surface area contributed by atoms with Gasteiger partial charge in [0.05, 0.1) is 19.3 Å². The van der Waals surface area contributed by atoms with Gasteiger partial charge in [0.1, 0.15) is 11.0 Å². The first-order valence-electron chi connectivity index (χ1n) is 11.0. The molecule has 0 aromatic heterocycles. The van der Waals surface area contributed by atoms with Crippen LogP contribution >= 0.6 is 11.8 Å². The molecule has 2 aliphatic rings. The van der Waals surface area contributed by atoms with E-state index < -0.39 is 5.25 Å². The zero-order valence-corrected chi connectivity index (χ0v) is 19.8. The van der Waals surface area contributed by atoms with Crippen molar-refractivity contribution in [3.8, 4) is 17.2 Å². The minimum atomic E-state index is -0.611. The molecule has 0 unspecified atom stereocenters. The fourth-order valence-electron chi connectivity index (χ4n) is 3.73. The lowest BCUT2D eigenvalue weighted by molar-refractivity contribution is -0.129. The zero-order valence-electron chi connectivity index (χ0n) is 19.0. The molecule has 1 atom stereocenters. The number of benzene rings is 3. The average Bonchev–Trinajstić information content (AvgIpc) is 3.35. The molecule has 2 heterocycles. The molecule has 8 nitrogen and oxygen atoms in total. The van der Waals surface area contributed by atoms with Crippen LogP contribution < -0.4 is 19.5 Å². The molecule has 0 radical (unpaired) electrons. The third-order valence-corrected chi connectivity index (χ3v) is 6.74. The number of ether oxygens (including phenoxy) is 3. The van der Waals surface area contributed by atoms with Crippen LogP contribution in [0.15, 0.2) is 77.8 Å². The van der Waals surface area contributed by atoms with Crippen LogP contribution in [0.5, 0.6) is 17.2 Å². The highest BCUT2D eigenvalue weighted by atomic mass is 32.2. The molecule has 1 saturated heterocycles. The number of carbonyl (C=O) groups excluding carboxylic acids is 2. The summed E-state index contributed by atoms with van der Waals surface area (Å²) in [6.45, 7) is 0.490. The minimum absolute atomic E-state index is 0.0605. The van der Waals surface area contributed by atoms with E-state index in [4.69, 9.17) is 19.2 Å². The molecular weight excluding hydrogens is 466 g/mol. The number of methoxy groups -OCH3 is 1. The molecular formula is C26H23N3O5S. The molecule has 0 bridgehead atoms. The standard InChI is InChI=1S/C26H23N3O5S/c1-32-20-10-8-19(9-11-20)27-25(31)23-14-24(30)29(26(35-23)28-18-5-3-2-4-6-18)15-17-7-12-21-22(13-17)34-16-33-21/h2-13,23H,14-16H2,1H3,(H,27,31)/t23-/m1/s1. The van der Waals surface area contributed by atoms with Crippen LogP contribution in [0.2, 0.25) is 0 Å². The van der Waals surface area contributed by atoms with E-state index in [-0.39, 0.29) is 25.0 Å². The first-order chi connectivity index (χ1) is 17.1. The van der Waals surface area contributed by atoms with E-state index in [2.05, 4.69) is 5.32 Å². The van der Waals surface area contributed by atoms with Gasteiger partial charge in [-0.3, -0.25) is 14.5 Å². The maximum Gasteiger partial charge on any atom is 0.238 e. The molecule has 178 valence electrons. The van der Waals surface area contributed by atoms with Crippen LogP contribution in [0.25, 0.3) is 0 Å². The number of nitrogens with zero attached hydrogens (tertiary/aromatic N) is 2. The van der Waals surface area contributed by atoms with Gasteiger partial charge < -0.3 is 19.5 Å². The Morgan fingerprint density at radius 1 is 1.09 bits per heavy atom.